The molecule has 0 unspecified atom stereocenters. The summed E-state index contributed by atoms with van der Waals surface area (Å²) in [6.07, 6.45) is 4.66. The van der Waals surface area contributed by atoms with Crippen molar-refractivity contribution in [2.45, 2.75) is 0 Å². The molecule has 0 saturated heterocycles. The van der Waals surface area contributed by atoms with Crippen molar-refractivity contribution >= 4 is 35.2 Å². The van der Waals surface area contributed by atoms with Gasteiger partial charge in [0.05, 0.1) is 6.21 Å². The molecule has 86 valence electrons. The van der Waals surface area contributed by atoms with Gasteiger partial charge in [0, 0.05) is 17.4 Å². The van der Waals surface area contributed by atoms with E-state index in [9.17, 15) is 0 Å². The van der Waals surface area contributed by atoms with E-state index in [0.717, 1.165) is 5.56 Å². The predicted octanol–water partition coefficient (Wildman–Crippen LogP) is 3.23. The van der Waals surface area contributed by atoms with E-state index in [1.807, 2.05) is 12.1 Å². The number of hydrazone groups is 1. The van der Waals surface area contributed by atoms with Crippen LogP contribution < -0.4 is 5.43 Å². The molecule has 6 heteroatoms. The molecular formula is C11H8Cl2N4. The van der Waals surface area contributed by atoms with Gasteiger partial charge in [0.2, 0.25) is 0 Å². The van der Waals surface area contributed by atoms with Gasteiger partial charge in [-0.15, -0.1) is 0 Å². The van der Waals surface area contributed by atoms with Gasteiger partial charge in [-0.2, -0.15) is 5.10 Å². The van der Waals surface area contributed by atoms with Crippen LogP contribution in [0.2, 0.25) is 10.2 Å². The van der Waals surface area contributed by atoms with Crippen LogP contribution in [0.1, 0.15) is 5.56 Å². The van der Waals surface area contributed by atoms with Crippen LogP contribution in [0.5, 0.6) is 0 Å². The molecule has 4 nitrogen and oxygen atoms in total. The van der Waals surface area contributed by atoms with E-state index in [4.69, 9.17) is 23.2 Å². The Hall–Kier alpha value is -1.65. The predicted molar refractivity (Wildman–Crippen MR) is 69.7 cm³/mol. The summed E-state index contributed by atoms with van der Waals surface area (Å²) in [5, 5.41) is 4.93. The minimum Gasteiger partial charge on any atom is -0.259 e. The maximum absolute atomic E-state index is 5.84. The summed E-state index contributed by atoms with van der Waals surface area (Å²) in [7, 11) is 0. The highest BCUT2D eigenvalue weighted by Gasteiger charge is 1.98. The Balaban J connectivity index is 2.06. The number of nitrogens with one attached hydrogen (secondary N) is 1. The lowest BCUT2D eigenvalue weighted by Gasteiger charge is -1.99. The lowest BCUT2D eigenvalue weighted by Crippen LogP contribution is -1.95. The number of halogens is 2. The van der Waals surface area contributed by atoms with E-state index >= 15 is 0 Å². The zero-order chi connectivity index (χ0) is 12.1. The van der Waals surface area contributed by atoms with E-state index in [1.165, 1.54) is 12.4 Å². The van der Waals surface area contributed by atoms with E-state index in [2.05, 4.69) is 20.5 Å². The fourth-order valence-corrected chi connectivity index (χ4v) is 1.50. The number of benzene rings is 1. The standard InChI is InChI=1S/C11H8Cl2N4/c12-9-3-1-2-8(6-9)7-16-17-11-10(13)14-4-5-15-11/h1-7H,(H,15,17)/b16-7+. The van der Waals surface area contributed by atoms with Crippen molar-refractivity contribution in [2.75, 3.05) is 5.43 Å². The Morgan fingerprint density at radius 1 is 1.18 bits per heavy atom. The van der Waals surface area contributed by atoms with Crippen molar-refractivity contribution in [3.63, 3.8) is 0 Å². The van der Waals surface area contributed by atoms with Crippen molar-refractivity contribution < 1.29 is 0 Å². The molecule has 0 amide bonds. The lowest BCUT2D eigenvalue weighted by atomic mass is 10.2. The van der Waals surface area contributed by atoms with Gasteiger partial charge in [0.1, 0.15) is 0 Å². The first-order chi connectivity index (χ1) is 8.25. The molecule has 2 rings (SSSR count). The van der Waals surface area contributed by atoms with E-state index in [-0.39, 0.29) is 5.15 Å². The quantitative estimate of drug-likeness (QED) is 0.686. The Bertz CT molecular complexity index is 542. The first-order valence-corrected chi connectivity index (χ1v) is 5.52. The number of anilines is 1. The minimum absolute atomic E-state index is 0.274. The summed E-state index contributed by atoms with van der Waals surface area (Å²) in [4.78, 5) is 7.85. The van der Waals surface area contributed by atoms with Crippen LogP contribution in [-0.2, 0) is 0 Å². The molecule has 0 atom stereocenters. The average molecular weight is 267 g/mol. The summed E-state index contributed by atoms with van der Waals surface area (Å²) >= 11 is 11.6. The molecule has 0 spiro atoms. The van der Waals surface area contributed by atoms with Gasteiger partial charge in [-0.3, -0.25) is 5.43 Å². The maximum Gasteiger partial charge on any atom is 0.184 e. The fourth-order valence-electron chi connectivity index (χ4n) is 1.15. The first-order valence-electron chi connectivity index (χ1n) is 4.77. The number of hydrogen-bond acceptors (Lipinski definition) is 4. The lowest BCUT2D eigenvalue weighted by molar-refractivity contribution is 1.16. The molecule has 2 aromatic rings. The number of rotatable bonds is 3. The summed E-state index contributed by atoms with van der Waals surface area (Å²) in [6, 6.07) is 7.32. The molecule has 0 aliphatic heterocycles. The maximum atomic E-state index is 5.84. The van der Waals surface area contributed by atoms with Crippen LogP contribution in [0.4, 0.5) is 5.82 Å². The van der Waals surface area contributed by atoms with E-state index in [1.54, 1.807) is 18.3 Å². The van der Waals surface area contributed by atoms with Crippen molar-refractivity contribution in [1.82, 2.24) is 9.97 Å². The zero-order valence-electron chi connectivity index (χ0n) is 8.64. The van der Waals surface area contributed by atoms with Crippen LogP contribution in [0.25, 0.3) is 0 Å². The normalized spacial score (nSPS) is 10.7. The Labute approximate surface area is 108 Å². The molecule has 1 heterocycles. The van der Waals surface area contributed by atoms with Gasteiger partial charge in [-0.05, 0) is 17.7 Å². The van der Waals surface area contributed by atoms with Crippen LogP contribution >= 0.6 is 23.2 Å². The molecule has 0 radical (unpaired) electrons. The average Bonchev–Trinajstić information content (AvgIpc) is 2.32. The Morgan fingerprint density at radius 2 is 2.00 bits per heavy atom. The highest BCUT2D eigenvalue weighted by molar-refractivity contribution is 6.31. The van der Waals surface area contributed by atoms with Gasteiger partial charge in [0.15, 0.2) is 11.0 Å². The number of aromatic nitrogens is 2. The molecule has 17 heavy (non-hydrogen) atoms. The van der Waals surface area contributed by atoms with Crippen LogP contribution in [-0.4, -0.2) is 16.2 Å². The van der Waals surface area contributed by atoms with Gasteiger partial charge in [-0.25, -0.2) is 9.97 Å². The monoisotopic (exact) mass is 266 g/mol. The molecule has 0 aliphatic carbocycles. The summed E-state index contributed by atoms with van der Waals surface area (Å²) in [6.45, 7) is 0. The van der Waals surface area contributed by atoms with Crippen molar-refractivity contribution in [3.8, 4) is 0 Å². The highest BCUT2D eigenvalue weighted by atomic mass is 35.5. The van der Waals surface area contributed by atoms with E-state index < -0.39 is 0 Å². The minimum atomic E-state index is 0.274. The molecule has 1 N–H and O–H groups in total. The molecule has 0 saturated carbocycles. The van der Waals surface area contributed by atoms with E-state index in [0.29, 0.717) is 10.8 Å². The zero-order valence-corrected chi connectivity index (χ0v) is 10.2. The second-order valence-electron chi connectivity index (χ2n) is 3.12. The fraction of sp³-hybridized carbons (Fsp3) is 0. The topological polar surface area (TPSA) is 50.2 Å². The van der Waals surface area contributed by atoms with Gasteiger partial charge in [-0.1, -0.05) is 35.3 Å². The molecule has 0 aliphatic rings. The van der Waals surface area contributed by atoms with Crippen LogP contribution in [0, 0.1) is 0 Å². The third-order valence-corrected chi connectivity index (χ3v) is 2.40. The molecule has 1 aromatic heterocycles. The largest absolute Gasteiger partial charge is 0.259 e. The number of hydrogen-bond donors (Lipinski definition) is 1. The molecule has 0 fully saturated rings. The van der Waals surface area contributed by atoms with Crippen LogP contribution in [0.3, 0.4) is 0 Å². The summed E-state index contributed by atoms with van der Waals surface area (Å²) < 4.78 is 0. The SMILES string of the molecule is Clc1cccc(/C=N/Nc2nccnc2Cl)c1. The first kappa shape index (κ1) is 11.8. The second kappa shape index (κ2) is 5.61. The highest BCUT2D eigenvalue weighted by Crippen LogP contribution is 2.14. The summed E-state index contributed by atoms with van der Waals surface area (Å²) in [5.74, 6) is 0.410. The van der Waals surface area contributed by atoms with Gasteiger partial charge in [0.25, 0.3) is 0 Å². The Kier molecular flexibility index (Phi) is 3.90. The molecule has 0 bridgehead atoms. The van der Waals surface area contributed by atoms with Crippen molar-refractivity contribution in [1.29, 1.82) is 0 Å². The second-order valence-corrected chi connectivity index (χ2v) is 3.92. The van der Waals surface area contributed by atoms with Gasteiger partial charge < -0.3 is 0 Å². The smallest absolute Gasteiger partial charge is 0.184 e. The van der Waals surface area contributed by atoms with Gasteiger partial charge >= 0.3 is 0 Å². The van der Waals surface area contributed by atoms with Crippen LogP contribution in [0.15, 0.2) is 41.8 Å². The van der Waals surface area contributed by atoms with Crippen molar-refractivity contribution in [3.05, 3.63) is 52.4 Å². The third kappa shape index (κ3) is 3.41. The number of nitrogens with zero attached hydrogens (tertiary/aromatic N) is 3. The third-order valence-electron chi connectivity index (χ3n) is 1.89. The summed E-state index contributed by atoms with van der Waals surface area (Å²) in [5.41, 5.74) is 3.58. The molecule has 1 aromatic carbocycles. The van der Waals surface area contributed by atoms with Crippen molar-refractivity contribution in [2.24, 2.45) is 5.10 Å². The Morgan fingerprint density at radius 3 is 2.76 bits per heavy atom. The molecular weight excluding hydrogens is 259 g/mol.